The zero-order valence-electron chi connectivity index (χ0n) is 11.8. The minimum absolute atomic E-state index is 0.186. The number of allylic oxidation sites excluding steroid dienone is 2. The maximum Gasteiger partial charge on any atom is 0.265 e. The quantitative estimate of drug-likeness (QED) is 0.458. The lowest BCUT2D eigenvalue weighted by molar-refractivity contribution is -0.116. The first kappa shape index (κ1) is 17.1. The number of carbonyl (C=O) groups excluding carboxylic acids is 1. The van der Waals surface area contributed by atoms with Crippen LogP contribution in [0.2, 0.25) is 0 Å². The molecule has 1 amide bonds. The van der Waals surface area contributed by atoms with Crippen molar-refractivity contribution in [1.29, 1.82) is 0 Å². The van der Waals surface area contributed by atoms with Gasteiger partial charge in [-0.2, -0.15) is 8.42 Å². The Morgan fingerprint density at radius 1 is 1.29 bits per heavy atom. The third-order valence-corrected chi connectivity index (χ3v) is 3.56. The SMILES string of the molecule is CC(CNC(=O)C=CC=Cc1ccccc1)CS(=O)(=O)O. The molecule has 0 bridgehead atoms. The van der Waals surface area contributed by atoms with E-state index in [1.54, 1.807) is 19.1 Å². The van der Waals surface area contributed by atoms with Gasteiger partial charge in [0.15, 0.2) is 0 Å². The van der Waals surface area contributed by atoms with Gasteiger partial charge in [0.25, 0.3) is 10.1 Å². The molecule has 114 valence electrons. The minimum Gasteiger partial charge on any atom is -0.352 e. The second kappa shape index (κ2) is 8.39. The molecule has 0 spiro atoms. The first-order chi connectivity index (χ1) is 9.87. The molecule has 1 atom stereocenters. The van der Waals surface area contributed by atoms with E-state index in [1.807, 2.05) is 36.4 Å². The predicted molar refractivity (Wildman–Crippen MR) is 83.2 cm³/mol. The largest absolute Gasteiger partial charge is 0.352 e. The number of rotatable bonds is 7. The normalized spacial score (nSPS) is 13.6. The number of hydrogen-bond acceptors (Lipinski definition) is 3. The summed E-state index contributed by atoms with van der Waals surface area (Å²) in [5, 5.41) is 2.57. The van der Waals surface area contributed by atoms with Crippen molar-refractivity contribution >= 4 is 22.1 Å². The zero-order chi connectivity index (χ0) is 15.7. The molecule has 0 aliphatic rings. The van der Waals surface area contributed by atoms with Crippen molar-refractivity contribution in [3.05, 3.63) is 54.1 Å². The Labute approximate surface area is 125 Å². The van der Waals surface area contributed by atoms with E-state index in [1.165, 1.54) is 6.08 Å². The van der Waals surface area contributed by atoms with E-state index in [9.17, 15) is 13.2 Å². The van der Waals surface area contributed by atoms with Crippen LogP contribution >= 0.6 is 0 Å². The molecule has 0 fully saturated rings. The number of carbonyl (C=O) groups is 1. The summed E-state index contributed by atoms with van der Waals surface area (Å²) in [5.41, 5.74) is 1.03. The summed E-state index contributed by atoms with van der Waals surface area (Å²) in [5.74, 6) is -1.03. The first-order valence-corrected chi connectivity index (χ1v) is 8.10. The molecule has 21 heavy (non-hydrogen) atoms. The van der Waals surface area contributed by atoms with Crippen LogP contribution in [0.25, 0.3) is 6.08 Å². The highest BCUT2D eigenvalue weighted by Crippen LogP contribution is 2.01. The molecule has 1 aromatic carbocycles. The number of benzene rings is 1. The van der Waals surface area contributed by atoms with Crippen molar-refractivity contribution in [2.75, 3.05) is 12.3 Å². The average Bonchev–Trinajstić information content (AvgIpc) is 2.41. The van der Waals surface area contributed by atoms with Crippen molar-refractivity contribution in [3.8, 4) is 0 Å². The van der Waals surface area contributed by atoms with Crippen molar-refractivity contribution in [2.24, 2.45) is 5.92 Å². The zero-order valence-corrected chi connectivity index (χ0v) is 12.6. The van der Waals surface area contributed by atoms with Gasteiger partial charge in [0.2, 0.25) is 5.91 Å². The van der Waals surface area contributed by atoms with Crippen LogP contribution in [0.4, 0.5) is 0 Å². The highest BCUT2D eigenvalue weighted by atomic mass is 32.2. The molecule has 0 heterocycles. The van der Waals surface area contributed by atoms with E-state index in [-0.39, 0.29) is 24.1 Å². The summed E-state index contributed by atoms with van der Waals surface area (Å²) in [6.07, 6.45) is 6.58. The Morgan fingerprint density at radius 3 is 2.57 bits per heavy atom. The number of amides is 1. The molecule has 6 heteroatoms. The topological polar surface area (TPSA) is 83.5 Å². The van der Waals surface area contributed by atoms with Gasteiger partial charge in [0.05, 0.1) is 5.75 Å². The summed E-state index contributed by atoms with van der Waals surface area (Å²) < 4.78 is 30.0. The molecule has 1 aromatic rings. The van der Waals surface area contributed by atoms with Gasteiger partial charge in [-0.15, -0.1) is 0 Å². The van der Waals surface area contributed by atoms with Crippen LogP contribution in [-0.4, -0.2) is 31.2 Å². The first-order valence-electron chi connectivity index (χ1n) is 6.49. The highest BCUT2D eigenvalue weighted by Gasteiger charge is 2.12. The lowest BCUT2D eigenvalue weighted by atomic mass is 10.2. The van der Waals surface area contributed by atoms with Gasteiger partial charge >= 0.3 is 0 Å². The number of nitrogens with one attached hydrogen (secondary N) is 1. The van der Waals surface area contributed by atoms with Crippen molar-refractivity contribution in [2.45, 2.75) is 6.92 Å². The lowest BCUT2D eigenvalue weighted by Gasteiger charge is -2.09. The minimum atomic E-state index is -4.00. The predicted octanol–water partition coefficient (Wildman–Crippen LogP) is 1.90. The van der Waals surface area contributed by atoms with E-state index in [0.29, 0.717) is 0 Å². The fourth-order valence-electron chi connectivity index (χ4n) is 1.63. The van der Waals surface area contributed by atoms with E-state index < -0.39 is 10.1 Å². The molecule has 0 aliphatic carbocycles. The fraction of sp³-hybridized carbons (Fsp3) is 0.267. The van der Waals surface area contributed by atoms with Gasteiger partial charge in [-0.25, -0.2) is 0 Å². The maximum atomic E-state index is 11.5. The molecule has 0 radical (unpaired) electrons. The van der Waals surface area contributed by atoms with Crippen LogP contribution in [-0.2, 0) is 14.9 Å². The lowest BCUT2D eigenvalue weighted by Crippen LogP contribution is -2.29. The van der Waals surface area contributed by atoms with Crippen LogP contribution in [0.5, 0.6) is 0 Å². The second-order valence-electron chi connectivity index (χ2n) is 4.73. The van der Waals surface area contributed by atoms with Crippen molar-refractivity contribution < 1.29 is 17.8 Å². The molecule has 5 nitrogen and oxygen atoms in total. The Bertz CT molecular complexity index is 606. The van der Waals surface area contributed by atoms with Crippen LogP contribution < -0.4 is 5.32 Å². The molecular formula is C15H19NO4S. The van der Waals surface area contributed by atoms with E-state index >= 15 is 0 Å². The van der Waals surface area contributed by atoms with Gasteiger partial charge in [0.1, 0.15) is 0 Å². The Morgan fingerprint density at radius 2 is 1.95 bits per heavy atom. The second-order valence-corrected chi connectivity index (χ2v) is 6.22. The standard InChI is InChI=1S/C15H19NO4S/c1-13(12-21(18,19)20)11-16-15(17)10-6-5-9-14-7-3-2-4-8-14/h2-10,13H,11-12H2,1H3,(H,16,17)(H,18,19,20). The Kier molecular flexibility index (Phi) is 6.84. The molecule has 1 unspecified atom stereocenters. The average molecular weight is 309 g/mol. The monoisotopic (exact) mass is 309 g/mol. The summed E-state index contributed by atoms with van der Waals surface area (Å²) in [7, 11) is -4.00. The van der Waals surface area contributed by atoms with Crippen molar-refractivity contribution in [3.63, 3.8) is 0 Å². The van der Waals surface area contributed by atoms with Gasteiger partial charge in [-0.3, -0.25) is 9.35 Å². The van der Waals surface area contributed by atoms with Gasteiger partial charge in [-0.1, -0.05) is 55.5 Å². The highest BCUT2D eigenvalue weighted by molar-refractivity contribution is 7.85. The van der Waals surface area contributed by atoms with E-state index in [0.717, 1.165) is 5.56 Å². The van der Waals surface area contributed by atoms with Crippen molar-refractivity contribution in [1.82, 2.24) is 5.32 Å². The van der Waals surface area contributed by atoms with Gasteiger partial charge < -0.3 is 5.32 Å². The smallest absolute Gasteiger partial charge is 0.265 e. The third-order valence-electron chi connectivity index (χ3n) is 2.57. The molecule has 0 aromatic heterocycles. The van der Waals surface area contributed by atoms with Crippen LogP contribution in [0, 0.1) is 5.92 Å². The summed E-state index contributed by atoms with van der Waals surface area (Å²) in [6, 6.07) is 9.66. The molecule has 0 saturated carbocycles. The molecule has 1 rings (SSSR count). The Hall–Kier alpha value is -1.92. The van der Waals surface area contributed by atoms with Crippen LogP contribution in [0.1, 0.15) is 12.5 Å². The Balaban J connectivity index is 2.33. The molecular weight excluding hydrogens is 290 g/mol. The van der Waals surface area contributed by atoms with Crippen LogP contribution in [0.3, 0.4) is 0 Å². The van der Waals surface area contributed by atoms with Crippen LogP contribution in [0.15, 0.2) is 48.6 Å². The fourth-order valence-corrected chi connectivity index (χ4v) is 2.46. The molecule has 2 N–H and O–H groups in total. The van der Waals surface area contributed by atoms with E-state index in [4.69, 9.17) is 4.55 Å². The maximum absolute atomic E-state index is 11.5. The van der Waals surface area contributed by atoms with Gasteiger partial charge in [0, 0.05) is 12.6 Å². The summed E-state index contributed by atoms with van der Waals surface area (Å²) >= 11 is 0. The van der Waals surface area contributed by atoms with Gasteiger partial charge in [-0.05, 0) is 11.5 Å². The summed E-state index contributed by atoms with van der Waals surface area (Å²) in [6.45, 7) is 1.82. The van der Waals surface area contributed by atoms with E-state index in [2.05, 4.69) is 5.32 Å². The molecule has 0 saturated heterocycles. The molecule has 0 aliphatic heterocycles. The summed E-state index contributed by atoms with van der Waals surface area (Å²) in [4.78, 5) is 11.5. The number of hydrogen-bond donors (Lipinski definition) is 2. The third kappa shape index (κ3) is 8.78.